The van der Waals surface area contributed by atoms with E-state index in [2.05, 4.69) is 11.8 Å². The van der Waals surface area contributed by atoms with Crippen molar-refractivity contribution in [2.24, 2.45) is 0 Å². The molecule has 1 amide bonds. The van der Waals surface area contributed by atoms with E-state index in [0.29, 0.717) is 23.9 Å². The van der Waals surface area contributed by atoms with Crippen LogP contribution in [0.3, 0.4) is 0 Å². The van der Waals surface area contributed by atoms with Crippen LogP contribution in [-0.4, -0.2) is 56.7 Å². The third kappa shape index (κ3) is 5.53. The first-order valence-corrected chi connectivity index (χ1v) is 11.4. The number of thioether (sulfide) groups is 1. The Kier molecular flexibility index (Phi) is 7.86. The van der Waals surface area contributed by atoms with Crippen LogP contribution < -0.4 is 9.64 Å². The Balaban J connectivity index is 2.07. The number of hydrogen-bond donors (Lipinski definition) is 0. The van der Waals surface area contributed by atoms with E-state index < -0.39 is 17.3 Å². The Morgan fingerprint density at radius 3 is 2.55 bits per heavy atom. The Labute approximate surface area is 192 Å². The summed E-state index contributed by atoms with van der Waals surface area (Å²) in [6.45, 7) is 5.43. The molecule has 0 radical (unpaired) electrons. The number of rotatable bonds is 7. The maximum absolute atomic E-state index is 13.7. The summed E-state index contributed by atoms with van der Waals surface area (Å²) in [5.41, 5.74) is 1.64. The van der Waals surface area contributed by atoms with E-state index in [1.807, 2.05) is 43.4 Å². The molecular weight excluding hydrogens is 436 g/mol. The molecule has 8 heteroatoms. The molecule has 31 heavy (non-hydrogen) atoms. The Morgan fingerprint density at radius 1 is 1.23 bits per heavy atom. The third-order valence-corrected chi connectivity index (χ3v) is 6.82. The van der Waals surface area contributed by atoms with E-state index in [1.54, 1.807) is 18.1 Å². The van der Waals surface area contributed by atoms with Gasteiger partial charge in [0.05, 0.1) is 18.0 Å². The molecule has 0 unspecified atom stereocenters. The number of ether oxygens (including phenoxy) is 2. The molecule has 0 aliphatic carbocycles. The lowest BCUT2D eigenvalue weighted by molar-refractivity contribution is -0.152. The number of halogens is 1. The zero-order valence-electron chi connectivity index (χ0n) is 18.1. The monoisotopic (exact) mass is 462 g/mol. The number of anilines is 1. The van der Waals surface area contributed by atoms with Crippen molar-refractivity contribution in [2.75, 3.05) is 38.7 Å². The average Bonchev–Trinajstić information content (AvgIpc) is 2.86. The number of amides is 1. The summed E-state index contributed by atoms with van der Waals surface area (Å²) in [6.07, 6.45) is -0.964. The number of fused-ring (bicyclic) bond motifs is 1. The van der Waals surface area contributed by atoms with Gasteiger partial charge >= 0.3 is 5.97 Å². The number of nitrogens with zero attached hydrogens (tertiary/aromatic N) is 2. The molecule has 2 aromatic carbocycles. The van der Waals surface area contributed by atoms with Gasteiger partial charge in [-0.2, -0.15) is 0 Å². The summed E-state index contributed by atoms with van der Waals surface area (Å²) in [5, 5.41) is 0.164. The number of carbonyl (C=O) groups excluding carboxylic acids is 2. The van der Waals surface area contributed by atoms with Crippen molar-refractivity contribution < 1.29 is 19.1 Å². The molecule has 1 heterocycles. The topological polar surface area (TPSA) is 59.1 Å². The highest BCUT2D eigenvalue weighted by molar-refractivity contribution is 7.99. The fourth-order valence-corrected chi connectivity index (χ4v) is 4.99. The lowest BCUT2D eigenvalue weighted by atomic mass is 10.1. The zero-order chi connectivity index (χ0) is 22.5. The number of methoxy groups -OCH3 is 1. The van der Waals surface area contributed by atoms with Gasteiger partial charge in [-0.1, -0.05) is 30.7 Å². The summed E-state index contributed by atoms with van der Waals surface area (Å²) in [5.74, 6) is -0.0217. The second kappa shape index (κ2) is 10.4. The first-order valence-electron chi connectivity index (χ1n) is 10.1. The van der Waals surface area contributed by atoms with E-state index in [9.17, 15) is 9.59 Å². The minimum Gasteiger partial charge on any atom is -0.497 e. The van der Waals surface area contributed by atoms with Gasteiger partial charge in [-0.05, 0) is 49.5 Å². The summed E-state index contributed by atoms with van der Waals surface area (Å²) in [6, 6.07) is 13.0. The summed E-state index contributed by atoms with van der Waals surface area (Å²) in [7, 11) is 3.60. The quantitative estimate of drug-likeness (QED) is 0.568. The van der Waals surface area contributed by atoms with Crippen LogP contribution in [0.2, 0.25) is 5.02 Å². The predicted octanol–water partition coefficient (Wildman–Crippen LogP) is 4.41. The number of likely N-dealkylation sites (N-methyl/N-ethyl adjacent to an activating group) is 1. The second-order valence-electron chi connectivity index (χ2n) is 7.34. The van der Waals surface area contributed by atoms with E-state index in [0.717, 1.165) is 22.7 Å². The second-order valence-corrected chi connectivity index (χ2v) is 8.96. The minimum atomic E-state index is -0.964. The van der Waals surface area contributed by atoms with Crippen LogP contribution >= 0.6 is 23.4 Å². The van der Waals surface area contributed by atoms with Gasteiger partial charge in [-0.25, -0.2) is 0 Å². The maximum Gasteiger partial charge on any atom is 0.303 e. The van der Waals surface area contributed by atoms with Crippen molar-refractivity contribution in [3.63, 3.8) is 0 Å². The molecule has 1 aliphatic heterocycles. The molecule has 6 nitrogen and oxygen atoms in total. The summed E-state index contributed by atoms with van der Waals surface area (Å²) in [4.78, 5) is 30.3. The first-order chi connectivity index (χ1) is 14.8. The van der Waals surface area contributed by atoms with Crippen molar-refractivity contribution in [3.8, 4) is 5.75 Å². The van der Waals surface area contributed by atoms with Gasteiger partial charge in [0.15, 0.2) is 6.10 Å². The SMILES string of the molecule is CCN(C)CCN1C(=O)[C@H](OC(C)=O)[C@H](c2ccc(OC)cc2)Sc2cc(Cl)ccc21. The predicted molar refractivity (Wildman–Crippen MR) is 124 cm³/mol. The molecule has 0 aromatic heterocycles. The summed E-state index contributed by atoms with van der Waals surface area (Å²) >= 11 is 7.77. The van der Waals surface area contributed by atoms with Gasteiger partial charge in [-0.3, -0.25) is 9.59 Å². The van der Waals surface area contributed by atoms with E-state index in [-0.39, 0.29) is 5.91 Å². The van der Waals surface area contributed by atoms with Crippen molar-refractivity contribution in [2.45, 2.75) is 30.1 Å². The van der Waals surface area contributed by atoms with Crippen LogP contribution in [0.15, 0.2) is 47.4 Å². The molecule has 0 bridgehead atoms. The lowest BCUT2D eigenvalue weighted by Crippen LogP contribution is -2.45. The molecule has 0 spiro atoms. The van der Waals surface area contributed by atoms with Crippen LogP contribution in [0.25, 0.3) is 0 Å². The van der Waals surface area contributed by atoms with Crippen LogP contribution in [0.1, 0.15) is 24.7 Å². The third-order valence-electron chi connectivity index (χ3n) is 5.23. The van der Waals surface area contributed by atoms with Crippen molar-refractivity contribution >= 4 is 40.9 Å². The molecule has 2 aromatic rings. The van der Waals surface area contributed by atoms with Crippen LogP contribution in [0, 0.1) is 0 Å². The van der Waals surface area contributed by atoms with Gasteiger partial charge in [0.25, 0.3) is 5.91 Å². The Hall–Kier alpha value is -2.22. The molecule has 0 fully saturated rings. The Bertz CT molecular complexity index is 938. The molecular formula is C23H27ClN2O4S. The number of hydrogen-bond acceptors (Lipinski definition) is 6. The smallest absolute Gasteiger partial charge is 0.303 e. The van der Waals surface area contributed by atoms with E-state index in [4.69, 9.17) is 21.1 Å². The fourth-order valence-electron chi connectivity index (χ4n) is 3.39. The van der Waals surface area contributed by atoms with E-state index >= 15 is 0 Å². The van der Waals surface area contributed by atoms with Crippen molar-refractivity contribution in [3.05, 3.63) is 53.1 Å². The van der Waals surface area contributed by atoms with Gasteiger partial charge < -0.3 is 19.3 Å². The normalized spacial score (nSPS) is 18.5. The molecule has 1 aliphatic rings. The fraction of sp³-hybridized carbons (Fsp3) is 0.391. The van der Waals surface area contributed by atoms with Crippen LogP contribution in [0.5, 0.6) is 5.75 Å². The van der Waals surface area contributed by atoms with Crippen molar-refractivity contribution in [1.82, 2.24) is 4.90 Å². The molecule has 3 rings (SSSR count). The molecule has 0 saturated carbocycles. The van der Waals surface area contributed by atoms with Crippen molar-refractivity contribution in [1.29, 1.82) is 0 Å². The minimum absolute atomic E-state index is 0.242. The number of esters is 1. The highest BCUT2D eigenvalue weighted by Gasteiger charge is 2.40. The van der Waals surface area contributed by atoms with Gasteiger partial charge in [0.2, 0.25) is 0 Å². The molecule has 2 atom stereocenters. The maximum atomic E-state index is 13.7. The van der Waals surface area contributed by atoms with Crippen LogP contribution in [-0.2, 0) is 14.3 Å². The van der Waals surface area contributed by atoms with Crippen LogP contribution in [0.4, 0.5) is 5.69 Å². The highest BCUT2D eigenvalue weighted by atomic mass is 35.5. The number of benzene rings is 2. The van der Waals surface area contributed by atoms with Gasteiger partial charge in [0.1, 0.15) is 5.75 Å². The molecule has 166 valence electrons. The first kappa shape index (κ1) is 23.4. The number of carbonyl (C=O) groups is 2. The highest BCUT2D eigenvalue weighted by Crippen LogP contribution is 2.47. The molecule has 0 N–H and O–H groups in total. The van der Waals surface area contributed by atoms with Gasteiger partial charge in [-0.15, -0.1) is 11.8 Å². The zero-order valence-corrected chi connectivity index (χ0v) is 19.7. The largest absolute Gasteiger partial charge is 0.497 e. The van der Waals surface area contributed by atoms with Gasteiger partial charge in [0, 0.05) is 29.9 Å². The molecule has 0 saturated heterocycles. The standard InChI is InChI=1S/C23H27ClN2O4S/c1-5-25(3)12-13-26-19-11-8-17(24)14-20(19)31-22(21(23(26)28)30-15(2)27)16-6-9-18(29-4)10-7-16/h6-11,14,21-22H,5,12-13H2,1-4H3/t21-,22+/m1/s1. The average molecular weight is 463 g/mol. The Morgan fingerprint density at radius 2 is 1.94 bits per heavy atom. The summed E-state index contributed by atoms with van der Waals surface area (Å²) < 4.78 is 10.9. The van der Waals surface area contributed by atoms with E-state index in [1.165, 1.54) is 18.7 Å². The lowest BCUT2D eigenvalue weighted by Gasteiger charge is -2.29.